The van der Waals surface area contributed by atoms with Crippen molar-refractivity contribution in [3.8, 4) is 16.9 Å². The molecule has 0 unspecified atom stereocenters. The van der Waals surface area contributed by atoms with Gasteiger partial charge in [0.25, 0.3) is 10.0 Å². The summed E-state index contributed by atoms with van der Waals surface area (Å²) in [7, 11) is -3.02. The van der Waals surface area contributed by atoms with Gasteiger partial charge in [0.15, 0.2) is 0 Å². The molecule has 0 fully saturated rings. The Bertz CT molecular complexity index is 1360. The molecule has 2 N–H and O–H groups in total. The van der Waals surface area contributed by atoms with E-state index in [1.807, 2.05) is 6.92 Å². The molecule has 0 atom stereocenters. The third-order valence-corrected chi connectivity index (χ3v) is 6.69. The van der Waals surface area contributed by atoms with Crippen LogP contribution in [0.5, 0.6) is 5.75 Å². The van der Waals surface area contributed by atoms with E-state index in [0.29, 0.717) is 17.9 Å². The number of nitrogens with one attached hydrogen (secondary N) is 2. The fraction of sp³-hybridized carbons (Fsp3) is 0.208. The number of furan rings is 1. The predicted molar refractivity (Wildman–Crippen MR) is 125 cm³/mol. The van der Waals surface area contributed by atoms with Crippen LogP contribution in [0.25, 0.3) is 17.2 Å². The molecule has 178 valence electrons. The first kappa shape index (κ1) is 23.5. The molecule has 1 aliphatic rings. The summed E-state index contributed by atoms with van der Waals surface area (Å²) < 4.78 is 59.0. The number of sulfonamides is 1. The van der Waals surface area contributed by atoms with Crippen molar-refractivity contribution in [1.29, 1.82) is 0 Å². The number of ether oxygens (including phenoxy) is 2. The zero-order chi connectivity index (χ0) is 24.3. The monoisotopic (exact) mass is 486 g/mol. The molecular formula is C24H23FN2O6S. The zero-order valence-electron chi connectivity index (χ0n) is 18.6. The number of benzene rings is 2. The third-order valence-electron chi connectivity index (χ3n) is 5.25. The molecule has 2 heterocycles. The summed E-state index contributed by atoms with van der Waals surface area (Å²) in [5.41, 5.74) is 1.40. The number of anilines is 1. The molecule has 0 bridgehead atoms. The summed E-state index contributed by atoms with van der Waals surface area (Å²) in [4.78, 5) is 12.5. The molecule has 0 saturated carbocycles. The number of carbonyl (C=O) groups excluding carboxylic acids is 1. The van der Waals surface area contributed by atoms with E-state index in [1.54, 1.807) is 18.2 Å². The van der Waals surface area contributed by atoms with Crippen LogP contribution in [-0.2, 0) is 21.4 Å². The number of esters is 1. The minimum Gasteiger partial charge on any atom is -0.484 e. The van der Waals surface area contributed by atoms with Gasteiger partial charge in [-0.05, 0) is 48.5 Å². The Labute approximate surface area is 196 Å². The molecule has 1 aliphatic heterocycles. The highest BCUT2D eigenvalue weighted by molar-refractivity contribution is 7.92. The van der Waals surface area contributed by atoms with Gasteiger partial charge < -0.3 is 19.2 Å². The standard InChI is InChI=1S/C24H23FN2O6S/c1-3-26-11-4-5-15-13-16(25)6-9-21(15)34(29,30)27-19-8-7-18-17-10-12-32-20(17)14-33-23(18)22(19)24(28)31-2/h4-10,12-13,26-27H,3,11,14H2,1-2H3. The van der Waals surface area contributed by atoms with Crippen molar-refractivity contribution in [2.75, 3.05) is 24.9 Å². The van der Waals surface area contributed by atoms with Gasteiger partial charge in [-0.2, -0.15) is 0 Å². The largest absolute Gasteiger partial charge is 0.484 e. The van der Waals surface area contributed by atoms with Gasteiger partial charge in [-0.3, -0.25) is 4.72 Å². The smallest absolute Gasteiger partial charge is 0.343 e. The van der Waals surface area contributed by atoms with E-state index >= 15 is 0 Å². The average Bonchev–Trinajstić information content (AvgIpc) is 3.30. The first-order valence-corrected chi connectivity index (χ1v) is 12.0. The Hall–Kier alpha value is -3.63. The van der Waals surface area contributed by atoms with Crippen LogP contribution in [0.3, 0.4) is 0 Å². The summed E-state index contributed by atoms with van der Waals surface area (Å²) in [5.74, 6) is -0.565. The van der Waals surface area contributed by atoms with Gasteiger partial charge in [0.05, 0.1) is 24.0 Å². The lowest BCUT2D eigenvalue weighted by atomic mass is 9.98. The van der Waals surface area contributed by atoms with E-state index in [9.17, 15) is 17.6 Å². The highest BCUT2D eigenvalue weighted by Gasteiger charge is 2.30. The Morgan fingerprint density at radius 3 is 2.79 bits per heavy atom. The first-order valence-electron chi connectivity index (χ1n) is 10.5. The first-order chi connectivity index (χ1) is 16.4. The van der Waals surface area contributed by atoms with Crippen molar-refractivity contribution in [2.45, 2.75) is 18.4 Å². The number of fused-ring (bicyclic) bond motifs is 3. The average molecular weight is 487 g/mol. The second-order valence-electron chi connectivity index (χ2n) is 7.40. The highest BCUT2D eigenvalue weighted by Crippen LogP contribution is 2.43. The lowest BCUT2D eigenvalue weighted by molar-refractivity contribution is 0.0596. The Balaban J connectivity index is 1.76. The maximum absolute atomic E-state index is 13.9. The van der Waals surface area contributed by atoms with Crippen LogP contribution in [0.15, 0.2) is 58.1 Å². The Kier molecular flexibility index (Phi) is 6.71. The molecule has 0 saturated heterocycles. The third kappa shape index (κ3) is 4.55. The van der Waals surface area contributed by atoms with Crippen molar-refractivity contribution >= 4 is 27.8 Å². The van der Waals surface area contributed by atoms with Crippen LogP contribution >= 0.6 is 0 Å². The quantitative estimate of drug-likeness (QED) is 0.363. The van der Waals surface area contributed by atoms with Crippen LogP contribution in [0, 0.1) is 5.82 Å². The van der Waals surface area contributed by atoms with Crippen molar-refractivity contribution in [2.24, 2.45) is 0 Å². The number of likely N-dealkylation sites (N-methyl/N-ethyl adjacent to an activating group) is 1. The lowest BCUT2D eigenvalue weighted by Gasteiger charge is -2.22. The van der Waals surface area contributed by atoms with Crippen LogP contribution in [0.2, 0.25) is 0 Å². The summed E-state index contributed by atoms with van der Waals surface area (Å²) in [6.45, 7) is 3.24. The van der Waals surface area contributed by atoms with Crippen molar-refractivity contribution < 1.29 is 31.5 Å². The van der Waals surface area contributed by atoms with Gasteiger partial charge in [0.1, 0.15) is 29.5 Å². The Morgan fingerprint density at radius 2 is 2.03 bits per heavy atom. The molecule has 0 spiro atoms. The van der Waals surface area contributed by atoms with Gasteiger partial charge in [-0.15, -0.1) is 0 Å². The molecule has 0 amide bonds. The second kappa shape index (κ2) is 9.70. The number of rotatable bonds is 8. The van der Waals surface area contributed by atoms with Gasteiger partial charge in [-0.25, -0.2) is 17.6 Å². The molecule has 0 radical (unpaired) electrons. The molecule has 1 aromatic heterocycles. The highest BCUT2D eigenvalue weighted by atomic mass is 32.2. The summed E-state index contributed by atoms with van der Waals surface area (Å²) in [6, 6.07) is 8.21. The second-order valence-corrected chi connectivity index (χ2v) is 9.05. The van der Waals surface area contributed by atoms with Gasteiger partial charge >= 0.3 is 5.97 Å². The van der Waals surface area contributed by atoms with Gasteiger partial charge in [0.2, 0.25) is 0 Å². The predicted octanol–water partition coefficient (Wildman–Crippen LogP) is 4.19. The van der Waals surface area contributed by atoms with Gasteiger partial charge in [0, 0.05) is 17.7 Å². The summed E-state index contributed by atoms with van der Waals surface area (Å²) in [5, 5.41) is 3.07. The van der Waals surface area contributed by atoms with Crippen molar-refractivity contribution in [3.63, 3.8) is 0 Å². The van der Waals surface area contributed by atoms with Crippen LogP contribution in [0.4, 0.5) is 10.1 Å². The van der Waals surface area contributed by atoms with Crippen molar-refractivity contribution in [3.05, 3.63) is 71.4 Å². The van der Waals surface area contributed by atoms with E-state index in [4.69, 9.17) is 13.9 Å². The van der Waals surface area contributed by atoms with Crippen molar-refractivity contribution in [1.82, 2.24) is 5.32 Å². The number of halogens is 1. The van der Waals surface area contributed by atoms with E-state index in [2.05, 4.69) is 10.0 Å². The zero-order valence-corrected chi connectivity index (χ0v) is 19.4. The maximum atomic E-state index is 13.9. The Morgan fingerprint density at radius 1 is 1.21 bits per heavy atom. The molecule has 8 nitrogen and oxygen atoms in total. The molecular weight excluding hydrogens is 463 g/mol. The maximum Gasteiger partial charge on any atom is 0.343 e. The SMILES string of the molecule is CCNCC=Cc1cc(F)ccc1S(=O)(=O)Nc1ccc2c(c1C(=O)OC)OCc1occc1-2. The molecule has 2 aromatic carbocycles. The molecule has 10 heteroatoms. The van der Waals surface area contributed by atoms with Crippen LogP contribution in [0.1, 0.15) is 28.6 Å². The number of hydrogen-bond donors (Lipinski definition) is 2. The van der Waals surface area contributed by atoms with E-state index < -0.39 is 21.8 Å². The van der Waals surface area contributed by atoms with E-state index in [-0.39, 0.29) is 34.1 Å². The summed E-state index contributed by atoms with van der Waals surface area (Å²) >= 11 is 0. The minimum absolute atomic E-state index is 0.0237. The number of carbonyl (C=O) groups is 1. The lowest BCUT2D eigenvalue weighted by Crippen LogP contribution is -2.19. The fourth-order valence-electron chi connectivity index (χ4n) is 3.67. The number of hydrogen-bond acceptors (Lipinski definition) is 7. The molecule has 3 aromatic rings. The minimum atomic E-state index is -4.21. The van der Waals surface area contributed by atoms with Crippen LogP contribution in [-0.4, -0.2) is 34.6 Å². The van der Waals surface area contributed by atoms with Crippen LogP contribution < -0.4 is 14.8 Å². The van der Waals surface area contributed by atoms with Gasteiger partial charge in [-0.1, -0.05) is 19.1 Å². The normalized spacial score (nSPS) is 12.7. The summed E-state index contributed by atoms with van der Waals surface area (Å²) in [6.07, 6.45) is 4.74. The van der Waals surface area contributed by atoms with E-state index in [1.165, 1.54) is 31.6 Å². The topological polar surface area (TPSA) is 107 Å². The van der Waals surface area contributed by atoms with E-state index in [0.717, 1.165) is 24.2 Å². The molecule has 34 heavy (non-hydrogen) atoms. The fourth-order valence-corrected chi connectivity index (χ4v) is 4.93. The molecule has 0 aliphatic carbocycles. The number of methoxy groups -OCH3 is 1. The molecule has 4 rings (SSSR count).